The van der Waals surface area contributed by atoms with Crippen molar-refractivity contribution in [3.05, 3.63) is 118 Å². The van der Waals surface area contributed by atoms with Gasteiger partial charge in [0.25, 0.3) is 5.91 Å². The molecule has 1 aliphatic heterocycles. The van der Waals surface area contributed by atoms with Gasteiger partial charge >= 0.3 is 6.18 Å². The summed E-state index contributed by atoms with van der Waals surface area (Å²) in [6.45, 7) is 16.5. The van der Waals surface area contributed by atoms with Crippen molar-refractivity contribution in [2.24, 2.45) is 16.2 Å². The number of ether oxygens (including phenoxy) is 2. The highest BCUT2D eigenvalue weighted by Gasteiger charge is 2.64. The van der Waals surface area contributed by atoms with Crippen molar-refractivity contribution in [3.8, 4) is 27.9 Å². The molecule has 1 saturated heterocycles. The van der Waals surface area contributed by atoms with Crippen molar-refractivity contribution in [1.29, 1.82) is 5.26 Å². The van der Waals surface area contributed by atoms with Crippen LogP contribution >= 0.6 is 11.3 Å². The van der Waals surface area contributed by atoms with Gasteiger partial charge in [0.2, 0.25) is 17.7 Å². The van der Waals surface area contributed by atoms with Gasteiger partial charge in [0, 0.05) is 41.6 Å². The molecule has 19 heteroatoms. The lowest BCUT2D eigenvalue weighted by molar-refractivity contribution is -0.164. The summed E-state index contributed by atoms with van der Waals surface area (Å²) in [7, 11) is 0. The largest absolute Gasteiger partial charge is 0.489 e. The van der Waals surface area contributed by atoms with E-state index in [4.69, 9.17) is 9.47 Å². The van der Waals surface area contributed by atoms with E-state index in [2.05, 4.69) is 26.0 Å². The van der Waals surface area contributed by atoms with E-state index >= 15 is 0 Å². The lowest BCUT2D eigenvalue weighted by Gasteiger charge is -2.63. The van der Waals surface area contributed by atoms with Crippen LogP contribution in [0.1, 0.15) is 106 Å². The Labute approximate surface area is 421 Å². The van der Waals surface area contributed by atoms with Crippen LogP contribution in [0.15, 0.2) is 84.6 Å². The quantitative estimate of drug-likeness (QED) is 0.0709. The van der Waals surface area contributed by atoms with E-state index in [1.54, 1.807) is 64.3 Å². The first-order valence-corrected chi connectivity index (χ1v) is 24.6. The summed E-state index contributed by atoms with van der Waals surface area (Å²) in [6, 6.07) is 16.8. The van der Waals surface area contributed by atoms with Crippen molar-refractivity contribution in [3.63, 3.8) is 0 Å². The number of hydrogen-bond donors (Lipinski definition) is 4. The lowest BCUT2D eigenvalue weighted by Crippen LogP contribution is -2.74. The highest BCUT2D eigenvalue weighted by atomic mass is 32.1. The molecule has 3 aromatic carbocycles. The van der Waals surface area contributed by atoms with Crippen LogP contribution in [0.5, 0.6) is 5.75 Å². The van der Waals surface area contributed by atoms with Crippen LogP contribution in [0, 0.1) is 34.5 Å². The fourth-order valence-corrected chi connectivity index (χ4v) is 10.9. The van der Waals surface area contributed by atoms with Gasteiger partial charge in [-0.2, -0.15) is 23.5 Å². The maximum atomic E-state index is 14.1. The van der Waals surface area contributed by atoms with Crippen molar-refractivity contribution in [2.75, 3.05) is 19.8 Å². The second-order valence-corrected chi connectivity index (χ2v) is 21.7. The number of rotatable bonds is 16. The molecule has 1 unspecified atom stereocenters. The van der Waals surface area contributed by atoms with Gasteiger partial charge in [0.1, 0.15) is 30.5 Å². The van der Waals surface area contributed by atoms with E-state index in [0.29, 0.717) is 17.7 Å². The molecular weight excluding hydrogens is 950 g/mol. The molecule has 15 nitrogen and oxygen atoms in total. The number of likely N-dealkylation sites (tertiary alicyclic amines) is 1. The number of aliphatic hydroxyl groups is 1. The van der Waals surface area contributed by atoms with Gasteiger partial charge in [0.05, 0.1) is 63.9 Å². The standard InChI is InChI=1S/C53H61F3N8O7S/c1-30(33-10-12-34(13-11-33)43-31(2)58-29-72-43)60-46(68)41-22-38(65)27-63(41)47(69)44(50(3,4)5)61-42(66)28-70-21-20-32-25-59-64(26-32)37-17-14-35(15-18-37)45(67)62-48-51(6,7)49(52(48,8)9)71-39-19-16-36(24-57)40(23-39)53(54,55)56/h10-19,23,25-26,29-30,38,41,44,48-49,65H,20-22,27-28H2,1-9H3,(H,60,68)(H,61,66)(H,62,67)/t30-,38+,41-,44?,48?,49?/m0/s1. The number of aliphatic hydroxyl groups excluding tert-OH is 1. The Kier molecular flexibility index (Phi) is 15.4. The smallest absolute Gasteiger partial charge is 0.417 e. The van der Waals surface area contributed by atoms with Gasteiger partial charge in [-0.15, -0.1) is 11.3 Å². The van der Waals surface area contributed by atoms with Crippen LogP contribution in [-0.2, 0) is 31.7 Å². The average molecular weight is 1010 g/mol. The number of halogens is 3. The summed E-state index contributed by atoms with van der Waals surface area (Å²) in [5.74, 6) is -1.75. The molecule has 4 amide bonds. The molecule has 2 aliphatic rings. The van der Waals surface area contributed by atoms with Crippen LogP contribution in [0.2, 0.25) is 0 Å². The summed E-state index contributed by atoms with van der Waals surface area (Å²) < 4.78 is 54.4. The van der Waals surface area contributed by atoms with Gasteiger partial charge in [-0.05, 0) is 84.8 Å². The first-order chi connectivity index (χ1) is 33.8. The summed E-state index contributed by atoms with van der Waals surface area (Å²) in [6.07, 6.45) is -2.26. The number of nitrogens with zero attached hydrogens (tertiary/aromatic N) is 5. The lowest BCUT2D eigenvalue weighted by atomic mass is 9.49. The minimum absolute atomic E-state index is 0.0173. The maximum Gasteiger partial charge on any atom is 0.417 e. The van der Waals surface area contributed by atoms with Gasteiger partial charge in [-0.25, -0.2) is 9.67 Å². The Morgan fingerprint density at radius 3 is 2.28 bits per heavy atom. The van der Waals surface area contributed by atoms with Crippen LogP contribution in [-0.4, -0.2) is 98.5 Å². The van der Waals surface area contributed by atoms with E-state index in [9.17, 15) is 42.7 Å². The topological polar surface area (TPSA) is 201 Å². The summed E-state index contributed by atoms with van der Waals surface area (Å²) in [5, 5.41) is 33.2. The van der Waals surface area contributed by atoms with Crippen molar-refractivity contribution in [1.82, 2.24) is 35.6 Å². The van der Waals surface area contributed by atoms with Crippen molar-refractivity contribution >= 4 is 35.0 Å². The van der Waals surface area contributed by atoms with E-state index in [-0.39, 0.29) is 43.9 Å². The zero-order valence-electron chi connectivity index (χ0n) is 41.8. The zero-order chi connectivity index (χ0) is 52.5. The molecule has 7 rings (SSSR count). The van der Waals surface area contributed by atoms with E-state index in [1.165, 1.54) is 11.0 Å². The normalized spacial score (nSPS) is 20.1. The summed E-state index contributed by atoms with van der Waals surface area (Å²) >= 11 is 1.56. The van der Waals surface area contributed by atoms with Gasteiger partial charge in [0.15, 0.2) is 0 Å². The third-order valence-electron chi connectivity index (χ3n) is 13.6. The van der Waals surface area contributed by atoms with Gasteiger partial charge < -0.3 is 35.4 Å². The summed E-state index contributed by atoms with van der Waals surface area (Å²) in [4.78, 5) is 61.3. The Hall–Kier alpha value is -6.62. The molecule has 382 valence electrons. The maximum absolute atomic E-state index is 14.1. The minimum Gasteiger partial charge on any atom is -0.489 e. The first kappa shape index (κ1) is 53.2. The second-order valence-electron chi connectivity index (χ2n) is 20.9. The predicted octanol–water partition coefficient (Wildman–Crippen LogP) is 7.74. The molecule has 1 saturated carbocycles. The van der Waals surface area contributed by atoms with E-state index < -0.39 is 81.6 Å². The number of thiazole rings is 1. The number of aryl methyl sites for hydroxylation is 1. The molecule has 5 aromatic rings. The summed E-state index contributed by atoms with van der Waals surface area (Å²) in [5.41, 5.74) is 2.89. The van der Waals surface area contributed by atoms with Crippen LogP contribution in [0.4, 0.5) is 13.2 Å². The van der Waals surface area contributed by atoms with Gasteiger partial charge in [-0.3, -0.25) is 19.2 Å². The van der Waals surface area contributed by atoms with E-state index in [0.717, 1.165) is 39.4 Å². The molecule has 4 atom stereocenters. The van der Waals surface area contributed by atoms with Crippen LogP contribution < -0.4 is 20.7 Å². The number of carbonyl (C=O) groups excluding carboxylic acids is 4. The highest BCUT2D eigenvalue weighted by Crippen LogP contribution is 2.56. The highest BCUT2D eigenvalue weighted by molar-refractivity contribution is 7.13. The molecule has 0 bridgehead atoms. The molecule has 0 spiro atoms. The van der Waals surface area contributed by atoms with E-state index in [1.807, 2.05) is 86.6 Å². The first-order valence-electron chi connectivity index (χ1n) is 23.7. The Morgan fingerprint density at radius 1 is 0.986 bits per heavy atom. The monoisotopic (exact) mass is 1010 g/mol. The molecule has 1 aliphatic carbocycles. The van der Waals surface area contributed by atoms with Gasteiger partial charge in [-0.1, -0.05) is 72.7 Å². The minimum atomic E-state index is -4.73. The molecule has 3 heterocycles. The number of carbonyl (C=O) groups is 4. The molecule has 2 aromatic heterocycles. The molecule has 2 fully saturated rings. The van der Waals surface area contributed by atoms with Crippen LogP contribution in [0.25, 0.3) is 16.1 Å². The number of hydrogen-bond acceptors (Lipinski definition) is 11. The third-order valence-corrected chi connectivity index (χ3v) is 14.6. The number of β-amino-alcohol motifs (C(OH)–C–C–N with tert-alkyl or cyclic N) is 1. The Balaban J connectivity index is 0.876. The fraction of sp³-hybridized carbons (Fsp3) is 0.453. The zero-order valence-corrected chi connectivity index (χ0v) is 42.6. The molecule has 4 N–H and O–H groups in total. The fourth-order valence-electron chi connectivity index (χ4n) is 10.0. The average Bonchev–Trinajstić information content (AvgIpc) is 4.09. The third kappa shape index (κ3) is 11.5. The number of benzene rings is 3. The number of nitriles is 1. The SMILES string of the molecule is Cc1ncsc1-c1ccc([C@H](C)NC(=O)[C@@H]2C[C@@H](O)CN2C(=O)C(NC(=O)COCCc2cnn(-c3ccc(C(=O)NC4C(C)(C)C(Oc5ccc(C#N)c(C(F)(F)F)c5)C4(C)C)cc3)c2)C(C)(C)C)cc1. The molecule has 72 heavy (non-hydrogen) atoms. The number of aromatic nitrogens is 3. The van der Waals surface area contributed by atoms with Crippen molar-refractivity contribution in [2.45, 2.75) is 118 Å². The molecular formula is C53H61F3N8O7S. The Bertz CT molecular complexity index is 2810. The predicted molar refractivity (Wildman–Crippen MR) is 264 cm³/mol. The number of nitrogens with one attached hydrogen (secondary N) is 3. The number of amides is 4. The Morgan fingerprint density at radius 2 is 1.67 bits per heavy atom. The van der Waals surface area contributed by atoms with Crippen molar-refractivity contribution < 1.29 is 46.9 Å². The number of alkyl halides is 3. The van der Waals surface area contributed by atoms with Crippen LogP contribution in [0.3, 0.4) is 0 Å². The second kappa shape index (κ2) is 20.8. The molecule has 0 radical (unpaired) electrons.